The molecule has 10 heteroatoms. The van der Waals surface area contributed by atoms with Crippen molar-refractivity contribution < 1.29 is 37.3 Å². The molecule has 0 spiro atoms. The third-order valence-electron chi connectivity index (χ3n) is 3.10. The van der Waals surface area contributed by atoms with Gasteiger partial charge in [0.15, 0.2) is 11.5 Å². The Morgan fingerprint density at radius 2 is 1.76 bits per heavy atom. The third kappa shape index (κ3) is 4.02. The molecule has 0 fully saturated rings. The zero-order chi connectivity index (χ0) is 18.8. The summed E-state index contributed by atoms with van der Waals surface area (Å²) in [4.78, 5) is 22.3. The fourth-order valence-electron chi connectivity index (χ4n) is 1.97. The van der Waals surface area contributed by atoms with Gasteiger partial charge in [0.05, 0.1) is 19.9 Å². The lowest BCUT2D eigenvalue weighted by atomic mass is 10.1. The SMILES string of the molecule is COc1ccc(-c2cc(NC(=O)C(F)(F)F)c(C(=O)O)s2)cc1OC. The van der Waals surface area contributed by atoms with Gasteiger partial charge in [0.1, 0.15) is 4.88 Å². The summed E-state index contributed by atoms with van der Waals surface area (Å²) < 4.78 is 47.4. The van der Waals surface area contributed by atoms with Crippen LogP contribution in [0.25, 0.3) is 10.4 Å². The fraction of sp³-hybridized carbons (Fsp3) is 0.200. The number of halogens is 3. The monoisotopic (exact) mass is 375 g/mol. The van der Waals surface area contributed by atoms with Crippen molar-refractivity contribution in [2.75, 3.05) is 19.5 Å². The smallest absolute Gasteiger partial charge is 0.471 e. The molecule has 2 N–H and O–H groups in total. The van der Waals surface area contributed by atoms with Crippen molar-refractivity contribution in [1.29, 1.82) is 0 Å². The van der Waals surface area contributed by atoms with Crippen LogP contribution >= 0.6 is 11.3 Å². The van der Waals surface area contributed by atoms with E-state index in [0.717, 1.165) is 11.3 Å². The highest BCUT2D eigenvalue weighted by Gasteiger charge is 2.39. The second-order valence-electron chi connectivity index (χ2n) is 4.68. The summed E-state index contributed by atoms with van der Waals surface area (Å²) in [6.45, 7) is 0. The number of ether oxygens (including phenoxy) is 2. The summed E-state index contributed by atoms with van der Waals surface area (Å²) in [5.74, 6) is -2.89. The van der Waals surface area contributed by atoms with Gasteiger partial charge in [0, 0.05) is 4.88 Å². The van der Waals surface area contributed by atoms with Crippen LogP contribution in [0.15, 0.2) is 24.3 Å². The van der Waals surface area contributed by atoms with Crippen LogP contribution in [0.2, 0.25) is 0 Å². The van der Waals surface area contributed by atoms with Crippen LogP contribution in [0.3, 0.4) is 0 Å². The number of amides is 1. The molecule has 1 amide bonds. The molecule has 6 nitrogen and oxygen atoms in total. The molecule has 0 bridgehead atoms. The van der Waals surface area contributed by atoms with Crippen LogP contribution in [0, 0.1) is 0 Å². The minimum absolute atomic E-state index is 0.343. The van der Waals surface area contributed by atoms with E-state index >= 15 is 0 Å². The molecule has 0 unspecified atom stereocenters. The van der Waals surface area contributed by atoms with E-state index < -0.39 is 28.6 Å². The zero-order valence-corrected chi connectivity index (χ0v) is 13.7. The Kier molecular flexibility index (Phi) is 5.21. The summed E-state index contributed by atoms with van der Waals surface area (Å²) in [5, 5.41) is 10.7. The second-order valence-corrected chi connectivity index (χ2v) is 5.73. The Hall–Kier alpha value is -2.75. The van der Waals surface area contributed by atoms with Gasteiger partial charge in [-0.15, -0.1) is 11.3 Å². The molecule has 1 aromatic carbocycles. The molecule has 2 rings (SSSR count). The lowest BCUT2D eigenvalue weighted by Gasteiger charge is -2.08. The average molecular weight is 375 g/mol. The van der Waals surface area contributed by atoms with E-state index in [-0.39, 0.29) is 0 Å². The summed E-state index contributed by atoms with van der Waals surface area (Å²) in [7, 11) is 2.85. The lowest BCUT2D eigenvalue weighted by Crippen LogP contribution is -2.30. The Labute approximate surface area is 143 Å². The molecular weight excluding hydrogens is 363 g/mol. The van der Waals surface area contributed by atoms with Gasteiger partial charge in [-0.2, -0.15) is 13.2 Å². The molecule has 0 aliphatic carbocycles. The quantitative estimate of drug-likeness (QED) is 0.834. The molecule has 0 aliphatic heterocycles. The topological polar surface area (TPSA) is 84.9 Å². The van der Waals surface area contributed by atoms with Crippen LogP contribution in [0.1, 0.15) is 9.67 Å². The zero-order valence-electron chi connectivity index (χ0n) is 12.9. The third-order valence-corrected chi connectivity index (χ3v) is 4.27. The van der Waals surface area contributed by atoms with Crippen LogP contribution in [0.4, 0.5) is 18.9 Å². The average Bonchev–Trinajstić information content (AvgIpc) is 2.97. The van der Waals surface area contributed by atoms with E-state index in [4.69, 9.17) is 14.6 Å². The van der Waals surface area contributed by atoms with E-state index in [0.29, 0.717) is 21.9 Å². The maximum atomic E-state index is 12.4. The number of carbonyl (C=O) groups is 2. The van der Waals surface area contributed by atoms with Crippen LogP contribution in [-0.4, -0.2) is 37.4 Å². The number of rotatable bonds is 5. The van der Waals surface area contributed by atoms with Crippen molar-refractivity contribution >= 4 is 28.9 Å². The van der Waals surface area contributed by atoms with Gasteiger partial charge in [-0.05, 0) is 29.8 Å². The van der Waals surface area contributed by atoms with Crippen molar-refractivity contribution in [3.05, 3.63) is 29.1 Å². The molecule has 0 aliphatic rings. The summed E-state index contributed by atoms with van der Waals surface area (Å²) in [6.07, 6.45) is -5.12. The minimum Gasteiger partial charge on any atom is -0.493 e. The van der Waals surface area contributed by atoms with Gasteiger partial charge < -0.3 is 19.9 Å². The Morgan fingerprint density at radius 1 is 1.12 bits per heavy atom. The lowest BCUT2D eigenvalue weighted by molar-refractivity contribution is -0.167. The van der Waals surface area contributed by atoms with Crippen molar-refractivity contribution in [2.24, 2.45) is 0 Å². The van der Waals surface area contributed by atoms with E-state index in [1.807, 2.05) is 0 Å². The molecule has 1 aromatic heterocycles. The number of thiophene rings is 1. The molecule has 134 valence electrons. The standard InChI is InChI=1S/C15H12F3NO5S/c1-23-9-4-3-7(5-10(9)24-2)11-6-8(12(25-11)13(20)21)19-14(22)15(16,17)18/h3-6H,1-2H3,(H,19,22)(H,20,21). The van der Waals surface area contributed by atoms with Crippen molar-refractivity contribution in [3.63, 3.8) is 0 Å². The maximum absolute atomic E-state index is 12.4. The highest BCUT2D eigenvalue weighted by Crippen LogP contribution is 2.39. The Bertz CT molecular complexity index is 816. The molecular formula is C15H12F3NO5S. The first kappa shape index (κ1) is 18.6. The fourth-order valence-corrected chi connectivity index (χ4v) is 2.92. The largest absolute Gasteiger partial charge is 0.493 e. The van der Waals surface area contributed by atoms with Crippen molar-refractivity contribution in [3.8, 4) is 21.9 Å². The number of carboxylic acid groups (broad SMARTS) is 1. The normalized spacial score (nSPS) is 11.1. The van der Waals surface area contributed by atoms with Gasteiger partial charge in [0.2, 0.25) is 0 Å². The minimum atomic E-state index is -5.12. The second kappa shape index (κ2) is 7.01. The summed E-state index contributed by atoms with van der Waals surface area (Å²) in [5.41, 5.74) is 0.0715. The Morgan fingerprint density at radius 3 is 2.28 bits per heavy atom. The van der Waals surface area contributed by atoms with Gasteiger partial charge in [-0.3, -0.25) is 4.79 Å². The van der Waals surface area contributed by atoms with Crippen LogP contribution in [-0.2, 0) is 4.79 Å². The highest BCUT2D eigenvalue weighted by atomic mass is 32.1. The number of nitrogens with one attached hydrogen (secondary N) is 1. The highest BCUT2D eigenvalue weighted by molar-refractivity contribution is 7.18. The number of anilines is 1. The van der Waals surface area contributed by atoms with E-state index in [9.17, 15) is 22.8 Å². The first-order valence-corrected chi connectivity index (χ1v) is 7.46. The summed E-state index contributed by atoms with van der Waals surface area (Å²) in [6, 6.07) is 5.88. The van der Waals surface area contributed by atoms with Crippen LogP contribution in [0.5, 0.6) is 11.5 Å². The van der Waals surface area contributed by atoms with Crippen molar-refractivity contribution in [1.82, 2.24) is 0 Å². The maximum Gasteiger partial charge on any atom is 0.471 e. The Balaban J connectivity index is 2.45. The van der Waals surface area contributed by atoms with Gasteiger partial charge in [0.25, 0.3) is 0 Å². The number of hydrogen-bond donors (Lipinski definition) is 2. The van der Waals surface area contributed by atoms with Gasteiger partial charge >= 0.3 is 18.1 Å². The van der Waals surface area contributed by atoms with Crippen molar-refractivity contribution in [2.45, 2.75) is 6.18 Å². The molecule has 0 atom stereocenters. The number of alkyl halides is 3. The molecule has 2 aromatic rings. The first-order valence-electron chi connectivity index (χ1n) is 6.65. The first-order chi connectivity index (χ1) is 11.7. The van der Waals surface area contributed by atoms with E-state index in [2.05, 4.69) is 0 Å². The molecule has 0 radical (unpaired) electrons. The molecule has 1 heterocycles. The number of methoxy groups -OCH3 is 2. The number of carboxylic acids is 1. The number of carbonyl (C=O) groups excluding carboxylic acids is 1. The van der Waals surface area contributed by atoms with Gasteiger partial charge in [-0.1, -0.05) is 0 Å². The van der Waals surface area contributed by atoms with Gasteiger partial charge in [-0.25, -0.2) is 4.79 Å². The summed E-state index contributed by atoms with van der Waals surface area (Å²) >= 11 is 0.728. The van der Waals surface area contributed by atoms with E-state index in [1.165, 1.54) is 20.3 Å². The van der Waals surface area contributed by atoms with E-state index in [1.54, 1.807) is 23.5 Å². The number of aromatic carboxylic acids is 1. The molecule has 25 heavy (non-hydrogen) atoms. The number of hydrogen-bond acceptors (Lipinski definition) is 5. The van der Waals surface area contributed by atoms with Crippen LogP contribution < -0.4 is 14.8 Å². The molecule has 0 saturated carbocycles. The molecule has 0 saturated heterocycles. The predicted octanol–water partition coefficient (Wildman–Crippen LogP) is 3.63. The predicted molar refractivity (Wildman–Crippen MR) is 84.5 cm³/mol. The number of benzene rings is 1.